The van der Waals surface area contributed by atoms with Crippen LogP contribution in [-0.4, -0.2) is 40.5 Å². The topological polar surface area (TPSA) is 88.5 Å². The number of nitrogens with one attached hydrogen (secondary N) is 2. The fraction of sp³-hybridized carbons (Fsp3) is 0.167. The molecule has 8 nitrogen and oxygen atoms in total. The molecule has 192 valence electrons. The van der Waals surface area contributed by atoms with E-state index in [1.807, 2.05) is 38.4 Å². The number of carbonyl (C=O) groups is 2. The van der Waals surface area contributed by atoms with Crippen molar-refractivity contribution in [3.8, 4) is 5.75 Å². The zero-order chi connectivity index (χ0) is 26.8. The number of benzene rings is 3. The van der Waals surface area contributed by atoms with Crippen LogP contribution in [0.2, 0.25) is 0 Å². The van der Waals surface area contributed by atoms with Crippen LogP contribution >= 0.6 is 0 Å². The first-order valence-electron chi connectivity index (χ1n) is 12.3. The summed E-state index contributed by atoms with van der Waals surface area (Å²) in [6, 6.07) is 23.8. The lowest BCUT2D eigenvalue weighted by molar-refractivity contribution is 0.0785. The number of fused-ring (bicyclic) bond motifs is 2. The standard InChI is InChI=1S/C30H29N5O3/c1-19-25(24-7-5-6-8-27(24)35(19)3)18-34(2)29(36)21-9-15-26-20(17-21)10-16-28(32-26)33-30(37)31-22-11-13-23(38-4)14-12-22/h5-17H,18H2,1-4H3,(H2,31,32,33,37). The molecule has 0 saturated carbocycles. The van der Waals surface area contributed by atoms with Crippen molar-refractivity contribution >= 4 is 45.2 Å². The number of amides is 3. The van der Waals surface area contributed by atoms with Crippen LogP contribution in [0.25, 0.3) is 21.8 Å². The van der Waals surface area contributed by atoms with E-state index in [4.69, 9.17) is 4.74 Å². The Hall–Kier alpha value is -4.85. The van der Waals surface area contributed by atoms with Crippen LogP contribution in [0.5, 0.6) is 5.75 Å². The van der Waals surface area contributed by atoms with Gasteiger partial charge in [-0.05, 0) is 73.2 Å². The van der Waals surface area contributed by atoms with Crippen LogP contribution in [0.3, 0.4) is 0 Å². The molecule has 0 aliphatic heterocycles. The highest BCUT2D eigenvalue weighted by molar-refractivity contribution is 6.01. The monoisotopic (exact) mass is 507 g/mol. The summed E-state index contributed by atoms with van der Waals surface area (Å²) in [4.78, 5) is 32.0. The number of aryl methyl sites for hydroxylation is 1. The molecule has 0 aliphatic carbocycles. The molecule has 2 heterocycles. The Labute approximate surface area is 220 Å². The van der Waals surface area contributed by atoms with Crippen LogP contribution in [0, 0.1) is 6.92 Å². The molecule has 5 aromatic rings. The number of carbonyl (C=O) groups excluding carboxylic acids is 2. The van der Waals surface area contributed by atoms with E-state index in [9.17, 15) is 9.59 Å². The first kappa shape index (κ1) is 24.8. The van der Waals surface area contributed by atoms with E-state index in [2.05, 4.69) is 39.2 Å². The molecule has 3 amide bonds. The van der Waals surface area contributed by atoms with Crippen molar-refractivity contribution in [3.05, 3.63) is 95.7 Å². The molecule has 3 aromatic carbocycles. The van der Waals surface area contributed by atoms with Crippen molar-refractivity contribution in [3.63, 3.8) is 0 Å². The molecule has 0 unspecified atom stereocenters. The first-order chi connectivity index (χ1) is 18.3. The Morgan fingerprint density at radius 1 is 0.974 bits per heavy atom. The van der Waals surface area contributed by atoms with Gasteiger partial charge < -0.3 is 19.5 Å². The molecule has 0 spiro atoms. The van der Waals surface area contributed by atoms with E-state index < -0.39 is 6.03 Å². The van der Waals surface area contributed by atoms with Gasteiger partial charge in [0.1, 0.15) is 11.6 Å². The maximum Gasteiger partial charge on any atom is 0.324 e. The number of urea groups is 1. The summed E-state index contributed by atoms with van der Waals surface area (Å²) >= 11 is 0. The number of anilines is 2. The van der Waals surface area contributed by atoms with E-state index in [0.717, 1.165) is 27.5 Å². The van der Waals surface area contributed by atoms with Gasteiger partial charge >= 0.3 is 6.03 Å². The number of hydrogen-bond acceptors (Lipinski definition) is 4. The molecule has 0 bridgehead atoms. The molecular weight excluding hydrogens is 478 g/mol. The third-order valence-corrected chi connectivity index (χ3v) is 6.80. The first-order valence-corrected chi connectivity index (χ1v) is 12.3. The minimum Gasteiger partial charge on any atom is -0.497 e. The average molecular weight is 508 g/mol. The number of ether oxygens (including phenoxy) is 1. The molecule has 38 heavy (non-hydrogen) atoms. The SMILES string of the molecule is COc1ccc(NC(=O)Nc2ccc3cc(C(=O)N(C)Cc4c(C)n(C)c5ccccc45)ccc3n2)cc1. The van der Waals surface area contributed by atoms with Crippen LogP contribution in [0.1, 0.15) is 21.6 Å². The third-order valence-electron chi connectivity index (χ3n) is 6.80. The van der Waals surface area contributed by atoms with E-state index in [-0.39, 0.29) is 5.91 Å². The van der Waals surface area contributed by atoms with Crippen molar-refractivity contribution in [1.82, 2.24) is 14.5 Å². The second-order valence-corrected chi connectivity index (χ2v) is 9.21. The Balaban J connectivity index is 1.28. The number of rotatable bonds is 6. The lowest BCUT2D eigenvalue weighted by atomic mass is 10.1. The van der Waals surface area contributed by atoms with Gasteiger partial charge in [0.05, 0.1) is 12.6 Å². The van der Waals surface area contributed by atoms with Crippen molar-refractivity contribution < 1.29 is 14.3 Å². The molecule has 0 fully saturated rings. The number of nitrogens with zero attached hydrogens (tertiary/aromatic N) is 3. The van der Waals surface area contributed by atoms with E-state index in [1.165, 1.54) is 0 Å². The summed E-state index contributed by atoms with van der Waals surface area (Å²) in [7, 11) is 5.45. The third kappa shape index (κ3) is 4.88. The normalized spacial score (nSPS) is 10.9. The molecule has 0 aliphatic rings. The smallest absolute Gasteiger partial charge is 0.324 e. The van der Waals surface area contributed by atoms with Gasteiger partial charge in [-0.1, -0.05) is 18.2 Å². The molecule has 8 heteroatoms. The van der Waals surface area contributed by atoms with Crippen LogP contribution in [0.4, 0.5) is 16.3 Å². The predicted octanol–water partition coefficient (Wildman–Crippen LogP) is 5.96. The number of hydrogen-bond donors (Lipinski definition) is 2. The fourth-order valence-corrected chi connectivity index (χ4v) is 4.61. The van der Waals surface area contributed by atoms with Gasteiger partial charge in [0.25, 0.3) is 5.91 Å². The fourth-order valence-electron chi connectivity index (χ4n) is 4.61. The molecule has 0 atom stereocenters. The zero-order valence-electron chi connectivity index (χ0n) is 21.8. The minimum atomic E-state index is -0.404. The molecule has 2 N–H and O–H groups in total. The van der Waals surface area contributed by atoms with Gasteiger partial charge in [0.2, 0.25) is 0 Å². The minimum absolute atomic E-state index is 0.0692. The maximum atomic E-state index is 13.3. The highest BCUT2D eigenvalue weighted by atomic mass is 16.5. The zero-order valence-corrected chi connectivity index (χ0v) is 21.8. The quantitative estimate of drug-likeness (QED) is 0.297. The van der Waals surface area contributed by atoms with Crippen molar-refractivity contribution in [2.45, 2.75) is 13.5 Å². The summed E-state index contributed by atoms with van der Waals surface area (Å²) in [5.41, 5.74) is 5.33. The molecular formula is C30H29N5O3. The molecule has 2 aromatic heterocycles. The van der Waals surface area contributed by atoms with E-state index >= 15 is 0 Å². The number of para-hydroxylation sites is 1. The lowest BCUT2D eigenvalue weighted by Gasteiger charge is -2.18. The van der Waals surface area contributed by atoms with E-state index in [1.54, 1.807) is 54.5 Å². The Bertz CT molecular complexity index is 1660. The number of methoxy groups -OCH3 is 1. The Morgan fingerprint density at radius 3 is 2.50 bits per heavy atom. The summed E-state index contributed by atoms with van der Waals surface area (Å²) in [5, 5.41) is 7.48. The van der Waals surface area contributed by atoms with Crippen LogP contribution in [-0.2, 0) is 13.6 Å². The summed E-state index contributed by atoms with van der Waals surface area (Å²) < 4.78 is 7.29. The average Bonchev–Trinajstić information content (AvgIpc) is 3.17. The summed E-state index contributed by atoms with van der Waals surface area (Å²) in [5.74, 6) is 1.05. The number of aromatic nitrogens is 2. The van der Waals surface area contributed by atoms with Gasteiger partial charge in [-0.2, -0.15) is 0 Å². The Morgan fingerprint density at radius 2 is 1.74 bits per heavy atom. The maximum absolute atomic E-state index is 13.3. The van der Waals surface area contributed by atoms with Crippen molar-refractivity contribution in [2.75, 3.05) is 24.8 Å². The highest BCUT2D eigenvalue weighted by Crippen LogP contribution is 2.26. The van der Waals surface area contributed by atoms with Gasteiger partial charge in [-0.15, -0.1) is 0 Å². The van der Waals surface area contributed by atoms with E-state index in [0.29, 0.717) is 34.9 Å². The van der Waals surface area contributed by atoms with Gasteiger partial charge in [0, 0.05) is 53.9 Å². The Kier molecular flexibility index (Phi) is 6.70. The number of pyridine rings is 1. The van der Waals surface area contributed by atoms with Gasteiger partial charge in [-0.3, -0.25) is 10.1 Å². The van der Waals surface area contributed by atoms with Crippen LogP contribution < -0.4 is 15.4 Å². The summed E-state index contributed by atoms with van der Waals surface area (Å²) in [6.45, 7) is 2.59. The van der Waals surface area contributed by atoms with Crippen molar-refractivity contribution in [1.29, 1.82) is 0 Å². The van der Waals surface area contributed by atoms with Crippen LogP contribution in [0.15, 0.2) is 78.9 Å². The van der Waals surface area contributed by atoms with Crippen molar-refractivity contribution in [2.24, 2.45) is 7.05 Å². The van der Waals surface area contributed by atoms with Gasteiger partial charge in [0.15, 0.2) is 0 Å². The summed E-state index contributed by atoms with van der Waals surface area (Å²) in [6.07, 6.45) is 0. The molecule has 0 radical (unpaired) electrons. The highest BCUT2D eigenvalue weighted by Gasteiger charge is 2.18. The molecule has 5 rings (SSSR count). The predicted molar refractivity (Wildman–Crippen MR) is 151 cm³/mol. The lowest BCUT2D eigenvalue weighted by Crippen LogP contribution is -2.26. The van der Waals surface area contributed by atoms with Gasteiger partial charge in [-0.25, -0.2) is 9.78 Å². The largest absolute Gasteiger partial charge is 0.497 e. The molecule has 0 saturated heterocycles. The second-order valence-electron chi connectivity index (χ2n) is 9.21. The second kappa shape index (κ2) is 10.3.